The summed E-state index contributed by atoms with van der Waals surface area (Å²) in [5.74, 6) is 0.0384. The van der Waals surface area contributed by atoms with Crippen molar-refractivity contribution in [3.63, 3.8) is 0 Å². The van der Waals surface area contributed by atoms with Crippen LogP contribution in [-0.2, 0) is 30.1 Å². The lowest BCUT2D eigenvalue weighted by Crippen LogP contribution is -2.58. The van der Waals surface area contributed by atoms with Crippen LogP contribution < -0.4 is 0 Å². The van der Waals surface area contributed by atoms with E-state index >= 15 is 0 Å². The van der Waals surface area contributed by atoms with Gasteiger partial charge in [0.15, 0.2) is 0 Å². The molecule has 1 heterocycles. The molecule has 1 fully saturated rings. The van der Waals surface area contributed by atoms with Gasteiger partial charge in [-0.15, -0.1) is 0 Å². The molecule has 0 amide bonds. The Morgan fingerprint density at radius 3 is 1.93 bits per heavy atom. The molecule has 0 bridgehead atoms. The van der Waals surface area contributed by atoms with Crippen LogP contribution >= 0.6 is 11.6 Å². The summed E-state index contributed by atoms with van der Waals surface area (Å²) in [4.78, 5) is 0. The Bertz CT molecular complexity index is 1000. The van der Waals surface area contributed by atoms with Crippen molar-refractivity contribution >= 4 is 11.6 Å². The zero-order chi connectivity index (χ0) is 30.2. The van der Waals surface area contributed by atoms with E-state index in [1.807, 2.05) is 24.3 Å². The first-order valence-electron chi connectivity index (χ1n) is 16.2. The molecule has 42 heavy (non-hydrogen) atoms. The topological polar surface area (TPSA) is 66.4 Å². The van der Waals surface area contributed by atoms with Crippen molar-refractivity contribution < 1.29 is 28.8 Å². The molecule has 1 aliphatic heterocycles. The number of benzene rings is 2. The average Bonchev–Trinajstić information content (AvgIpc) is 3.00. The van der Waals surface area contributed by atoms with Crippen molar-refractivity contribution in [2.75, 3.05) is 33.0 Å². The minimum atomic E-state index is -0.489. The molecule has 0 radical (unpaired) electrons. The number of halogens is 1. The third-order valence-corrected chi connectivity index (χ3v) is 8.14. The number of rotatable bonds is 20. The molecule has 2 aromatic carbocycles. The molecule has 0 spiro atoms. The monoisotopic (exact) mass is 604 g/mol. The standard InChI is InChI=1S/C35H53ClO6/c1-5-9-18-38-25-30-33(39-19-10-6-2)35(41-21-12-8-4)34(40-20-11-7-3)32(42-30)28-23-27(31(36)29(37)24-28)22-26-16-14-13-15-17-26/h13-17,23-24,30,32-35,37H,5-12,18-22,25H2,1-4H3/t30-,32+,33-,34+,35+/m1/s1. The fourth-order valence-electron chi connectivity index (χ4n) is 5.23. The van der Waals surface area contributed by atoms with Gasteiger partial charge in [-0.05, 0) is 54.9 Å². The zero-order valence-electron chi connectivity index (χ0n) is 26.2. The van der Waals surface area contributed by atoms with E-state index in [4.69, 9.17) is 35.3 Å². The van der Waals surface area contributed by atoms with Crippen molar-refractivity contribution in [2.24, 2.45) is 0 Å². The van der Waals surface area contributed by atoms with Crippen LogP contribution in [0, 0.1) is 0 Å². The molecule has 0 aromatic heterocycles. The van der Waals surface area contributed by atoms with E-state index in [1.165, 1.54) is 0 Å². The van der Waals surface area contributed by atoms with E-state index < -0.39 is 12.2 Å². The van der Waals surface area contributed by atoms with E-state index in [0.29, 0.717) is 44.5 Å². The van der Waals surface area contributed by atoms with Gasteiger partial charge in [0, 0.05) is 26.4 Å². The molecule has 1 N–H and O–H groups in total. The lowest BCUT2D eigenvalue weighted by atomic mass is 9.89. The van der Waals surface area contributed by atoms with Gasteiger partial charge >= 0.3 is 0 Å². The number of hydrogen-bond donors (Lipinski definition) is 1. The Balaban J connectivity index is 2.02. The van der Waals surface area contributed by atoms with Crippen molar-refractivity contribution in [2.45, 2.75) is 116 Å². The largest absolute Gasteiger partial charge is 0.506 e. The van der Waals surface area contributed by atoms with Gasteiger partial charge in [-0.1, -0.05) is 101 Å². The molecule has 3 rings (SSSR count). The minimum absolute atomic E-state index is 0.0384. The number of ether oxygens (including phenoxy) is 5. The van der Waals surface area contributed by atoms with Gasteiger partial charge in [0.2, 0.25) is 0 Å². The fraction of sp³-hybridized carbons (Fsp3) is 0.657. The van der Waals surface area contributed by atoms with Crippen LogP contribution in [0.25, 0.3) is 0 Å². The van der Waals surface area contributed by atoms with Gasteiger partial charge in [-0.25, -0.2) is 0 Å². The molecular formula is C35H53ClO6. The normalized spacial score (nSPS) is 22.5. The first-order valence-corrected chi connectivity index (χ1v) is 16.5. The predicted molar refractivity (Wildman–Crippen MR) is 170 cm³/mol. The molecule has 7 heteroatoms. The quantitative estimate of drug-likeness (QED) is 0.153. The second kappa shape index (κ2) is 19.6. The van der Waals surface area contributed by atoms with Gasteiger partial charge in [0.1, 0.15) is 36.3 Å². The summed E-state index contributed by atoms with van der Waals surface area (Å²) in [7, 11) is 0. The first-order chi connectivity index (χ1) is 20.5. The van der Waals surface area contributed by atoms with E-state index in [0.717, 1.165) is 68.1 Å². The van der Waals surface area contributed by atoms with Gasteiger partial charge < -0.3 is 28.8 Å². The number of hydrogen-bond acceptors (Lipinski definition) is 6. The maximum Gasteiger partial charge on any atom is 0.134 e. The zero-order valence-corrected chi connectivity index (χ0v) is 27.0. The highest BCUT2D eigenvalue weighted by molar-refractivity contribution is 6.32. The molecule has 6 nitrogen and oxygen atoms in total. The Hall–Kier alpha value is -1.67. The molecule has 0 saturated carbocycles. The van der Waals surface area contributed by atoms with Gasteiger partial charge in [-0.3, -0.25) is 0 Å². The van der Waals surface area contributed by atoms with Crippen LogP contribution in [0.15, 0.2) is 42.5 Å². The van der Waals surface area contributed by atoms with Crippen LogP contribution in [0.3, 0.4) is 0 Å². The van der Waals surface area contributed by atoms with E-state index in [2.05, 4.69) is 39.8 Å². The lowest BCUT2D eigenvalue weighted by Gasteiger charge is -2.46. The summed E-state index contributed by atoms with van der Waals surface area (Å²) in [6, 6.07) is 13.9. The smallest absolute Gasteiger partial charge is 0.134 e. The van der Waals surface area contributed by atoms with Crippen LogP contribution in [0.4, 0.5) is 0 Å². The maximum atomic E-state index is 11.0. The first kappa shape index (κ1) is 34.8. The molecule has 2 aromatic rings. The third-order valence-electron chi connectivity index (χ3n) is 7.70. The maximum absolute atomic E-state index is 11.0. The summed E-state index contributed by atoms with van der Waals surface area (Å²) in [6.45, 7) is 11.5. The second-order valence-electron chi connectivity index (χ2n) is 11.3. The number of aromatic hydroxyl groups is 1. The average molecular weight is 605 g/mol. The van der Waals surface area contributed by atoms with E-state index in [1.54, 1.807) is 6.07 Å². The van der Waals surface area contributed by atoms with Crippen LogP contribution in [-0.4, -0.2) is 62.6 Å². The Morgan fingerprint density at radius 1 is 0.738 bits per heavy atom. The van der Waals surface area contributed by atoms with Crippen LogP contribution in [0.2, 0.25) is 5.02 Å². The summed E-state index contributed by atoms with van der Waals surface area (Å²) >= 11 is 6.64. The number of unbranched alkanes of at least 4 members (excludes halogenated alkanes) is 4. The summed E-state index contributed by atoms with van der Waals surface area (Å²) in [6.07, 6.45) is 6.65. The summed E-state index contributed by atoms with van der Waals surface area (Å²) in [5.41, 5.74) is 2.77. The third kappa shape index (κ3) is 10.5. The van der Waals surface area contributed by atoms with Crippen molar-refractivity contribution in [3.8, 4) is 5.75 Å². The number of phenolic OH excluding ortho intramolecular Hbond substituents is 1. The van der Waals surface area contributed by atoms with Gasteiger partial charge in [0.25, 0.3) is 0 Å². The minimum Gasteiger partial charge on any atom is -0.506 e. The van der Waals surface area contributed by atoms with Gasteiger partial charge in [0.05, 0.1) is 11.6 Å². The van der Waals surface area contributed by atoms with Crippen molar-refractivity contribution in [3.05, 3.63) is 64.2 Å². The molecule has 236 valence electrons. The highest BCUT2D eigenvalue weighted by atomic mass is 35.5. The highest BCUT2D eigenvalue weighted by Gasteiger charge is 2.49. The SMILES string of the molecule is CCCCOC[C@H]1O[C@@H](c2cc(O)c(Cl)c(Cc3ccccc3)c2)[C@H](OCCCC)[C@@H](OCCCC)[C@@H]1OCCCC. The molecule has 1 saturated heterocycles. The van der Waals surface area contributed by atoms with Gasteiger partial charge in [-0.2, -0.15) is 0 Å². The number of phenols is 1. The molecule has 0 unspecified atom stereocenters. The predicted octanol–water partition coefficient (Wildman–Crippen LogP) is 8.45. The Kier molecular flexibility index (Phi) is 16.2. The Labute approximate surface area is 259 Å². The summed E-state index contributed by atoms with van der Waals surface area (Å²) in [5, 5.41) is 11.3. The molecular weight excluding hydrogens is 552 g/mol. The van der Waals surface area contributed by atoms with Crippen LogP contribution in [0.1, 0.15) is 102 Å². The van der Waals surface area contributed by atoms with Crippen LogP contribution in [0.5, 0.6) is 5.75 Å². The van der Waals surface area contributed by atoms with E-state index in [9.17, 15) is 5.11 Å². The van der Waals surface area contributed by atoms with E-state index in [-0.39, 0.29) is 24.1 Å². The van der Waals surface area contributed by atoms with Crippen molar-refractivity contribution in [1.82, 2.24) is 0 Å². The summed E-state index contributed by atoms with van der Waals surface area (Å²) < 4.78 is 32.7. The Morgan fingerprint density at radius 2 is 1.31 bits per heavy atom. The molecule has 0 aliphatic carbocycles. The molecule has 5 atom stereocenters. The second-order valence-corrected chi connectivity index (χ2v) is 11.6. The lowest BCUT2D eigenvalue weighted by molar-refractivity contribution is -0.268. The fourth-order valence-corrected chi connectivity index (χ4v) is 5.40. The molecule has 1 aliphatic rings. The highest BCUT2D eigenvalue weighted by Crippen LogP contribution is 2.41. The van der Waals surface area contributed by atoms with Crippen molar-refractivity contribution in [1.29, 1.82) is 0 Å².